The Bertz CT molecular complexity index is 2010. The molecule has 1 aliphatic heterocycles. The number of ether oxygens (including phenoxy) is 1. The van der Waals surface area contributed by atoms with Crippen LogP contribution in [-0.4, -0.2) is 58.1 Å². The molecule has 48 heavy (non-hydrogen) atoms. The second kappa shape index (κ2) is 14.7. The first-order valence-corrected chi connectivity index (χ1v) is 16.1. The number of aromatic amines is 1. The second-order valence-corrected chi connectivity index (χ2v) is 12.0. The maximum atomic E-state index is 15.8. The Morgan fingerprint density at radius 1 is 1.19 bits per heavy atom. The van der Waals surface area contributed by atoms with Crippen molar-refractivity contribution in [3.8, 4) is 5.75 Å². The number of aryl methyl sites for hydroxylation is 1. The van der Waals surface area contributed by atoms with E-state index in [2.05, 4.69) is 44.1 Å². The van der Waals surface area contributed by atoms with Crippen LogP contribution in [-0.2, 0) is 4.79 Å². The van der Waals surface area contributed by atoms with E-state index >= 15 is 8.78 Å². The highest BCUT2D eigenvalue weighted by Gasteiger charge is 2.31. The van der Waals surface area contributed by atoms with Crippen LogP contribution >= 0.6 is 0 Å². The van der Waals surface area contributed by atoms with Gasteiger partial charge in [0, 0.05) is 62.3 Å². The van der Waals surface area contributed by atoms with Crippen molar-refractivity contribution in [2.75, 3.05) is 20.6 Å². The fraction of sp³-hybridized carbons (Fsp3) is 0.324. The van der Waals surface area contributed by atoms with Gasteiger partial charge in [0.25, 0.3) is 5.91 Å². The average Bonchev–Trinajstić information content (AvgIpc) is 3.50. The summed E-state index contributed by atoms with van der Waals surface area (Å²) in [5.74, 6) is -1.59. The monoisotopic (exact) mass is 653 g/mol. The number of nitrogens with zero attached hydrogens (tertiary/aromatic N) is 5. The van der Waals surface area contributed by atoms with Gasteiger partial charge in [-0.1, -0.05) is 32.9 Å². The van der Waals surface area contributed by atoms with Crippen LogP contribution in [0.15, 0.2) is 82.4 Å². The lowest BCUT2D eigenvalue weighted by Crippen LogP contribution is -2.40. The SMILES string of the molecule is CCC(C)/C(=C\C(=NC)NC1=N/C=C/CC(C)/C(Oc2cc(F)c3[nH]c(C)cc3c2F)=C\1C(=O)N(C)CC)c1ccc2nccnc2c1. The number of allylic oxidation sites excluding steroid dienone is 3. The summed E-state index contributed by atoms with van der Waals surface area (Å²) < 4.78 is 37.2. The number of nitrogens with one attached hydrogen (secondary N) is 2. The molecule has 1 aliphatic rings. The number of fused-ring (bicyclic) bond motifs is 2. The molecule has 9 nitrogen and oxygen atoms in total. The molecule has 3 heterocycles. The summed E-state index contributed by atoms with van der Waals surface area (Å²) in [7, 11) is 3.31. The number of hydrogen-bond donors (Lipinski definition) is 2. The van der Waals surface area contributed by atoms with Gasteiger partial charge >= 0.3 is 0 Å². The third kappa shape index (κ3) is 7.05. The number of carbonyl (C=O) groups is 1. The van der Waals surface area contributed by atoms with Crippen molar-refractivity contribution in [1.82, 2.24) is 25.2 Å². The van der Waals surface area contributed by atoms with Crippen LogP contribution in [0.3, 0.4) is 0 Å². The molecule has 2 atom stereocenters. The molecular formula is C37H41F2N7O2. The highest BCUT2D eigenvalue weighted by atomic mass is 19.1. The van der Waals surface area contributed by atoms with Crippen LogP contribution < -0.4 is 10.1 Å². The Balaban J connectivity index is 1.63. The Labute approximate surface area is 279 Å². The number of amides is 1. The van der Waals surface area contributed by atoms with Gasteiger partial charge in [0.2, 0.25) is 0 Å². The number of rotatable bonds is 8. The molecule has 0 fully saturated rings. The zero-order chi connectivity index (χ0) is 34.5. The van der Waals surface area contributed by atoms with Crippen LogP contribution in [0.1, 0.15) is 51.8 Å². The van der Waals surface area contributed by atoms with E-state index in [1.165, 1.54) is 11.0 Å². The number of halogens is 2. The normalized spacial score (nSPS) is 19.8. The van der Waals surface area contributed by atoms with E-state index in [1.807, 2.05) is 44.2 Å². The van der Waals surface area contributed by atoms with Gasteiger partial charge < -0.3 is 19.9 Å². The summed E-state index contributed by atoms with van der Waals surface area (Å²) in [6.45, 7) is 10.1. The van der Waals surface area contributed by atoms with E-state index in [0.717, 1.165) is 34.7 Å². The number of likely N-dealkylation sites (N-methyl/N-ethyl adjacent to an activating group) is 1. The quantitative estimate of drug-likeness (QED) is 0.151. The predicted molar refractivity (Wildman–Crippen MR) is 188 cm³/mol. The number of aliphatic imine (C=N–C) groups is 2. The molecule has 0 radical (unpaired) electrons. The summed E-state index contributed by atoms with van der Waals surface area (Å²) in [5.41, 5.74) is 4.28. The highest BCUT2D eigenvalue weighted by Crippen LogP contribution is 2.34. The Kier molecular flexibility index (Phi) is 10.5. The number of hydrogen-bond acceptors (Lipinski definition) is 6. The van der Waals surface area contributed by atoms with Crippen molar-refractivity contribution in [3.63, 3.8) is 0 Å². The minimum atomic E-state index is -0.729. The number of H-pyrrole nitrogens is 1. The summed E-state index contributed by atoms with van der Waals surface area (Å²) in [6, 6.07) is 8.48. The molecule has 5 rings (SSSR count). The van der Waals surface area contributed by atoms with E-state index in [1.54, 1.807) is 39.6 Å². The molecule has 0 bridgehead atoms. The van der Waals surface area contributed by atoms with Crippen LogP contribution in [0.2, 0.25) is 0 Å². The number of aromatic nitrogens is 3. The van der Waals surface area contributed by atoms with Gasteiger partial charge in [-0.3, -0.25) is 19.8 Å². The van der Waals surface area contributed by atoms with Crippen molar-refractivity contribution in [1.29, 1.82) is 0 Å². The van der Waals surface area contributed by atoms with E-state index in [4.69, 9.17) is 4.74 Å². The second-order valence-electron chi connectivity index (χ2n) is 12.0. The first-order valence-electron chi connectivity index (χ1n) is 16.1. The number of benzene rings is 2. The third-order valence-electron chi connectivity index (χ3n) is 8.61. The fourth-order valence-corrected chi connectivity index (χ4v) is 5.54. The molecule has 11 heteroatoms. The fourth-order valence-electron chi connectivity index (χ4n) is 5.54. The van der Waals surface area contributed by atoms with Crippen LogP contribution in [0, 0.1) is 30.4 Å². The first kappa shape index (κ1) is 34.2. The van der Waals surface area contributed by atoms with E-state index in [-0.39, 0.29) is 39.7 Å². The largest absolute Gasteiger partial charge is 0.457 e. The van der Waals surface area contributed by atoms with E-state index in [0.29, 0.717) is 24.5 Å². The summed E-state index contributed by atoms with van der Waals surface area (Å²) in [4.78, 5) is 36.5. The average molecular weight is 654 g/mol. The molecule has 250 valence electrons. The van der Waals surface area contributed by atoms with Gasteiger partial charge in [0.15, 0.2) is 17.4 Å². The lowest BCUT2D eigenvalue weighted by molar-refractivity contribution is -0.125. The minimum absolute atomic E-state index is 0.0528. The number of amidine groups is 2. The van der Waals surface area contributed by atoms with Crippen molar-refractivity contribution in [2.45, 2.75) is 47.5 Å². The smallest absolute Gasteiger partial charge is 0.260 e. The van der Waals surface area contributed by atoms with E-state index in [9.17, 15) is 4.79 Å². The molecule has 0 aliphatic carbocycles. The standard InChI is InChI=1S/C37H41F2N7O2/c1-8-21(3)25(24-12-13-28-29(18-24)42-16-15-41-28)19-31(40-6)45-36-32(37(47)46(7)9-2)35(22(4)11-10-14-43-36)48-30-20-27(38)34-26(33(30)39)17-23(5)44-34/h10,12-22,44H,8-9,11H2,1-7H3,(H,40,43,45)/b14-10+,25-19+,35-32-. The molecule has 0 saturated heterocycles. The van der Waals surface area contributed by atoms with Crippen molar-refractivity contribution < 1.29 is 18.3 Å². The molecule has 0 saturated carbocycles. The Morgan fingerprint density at radius 2 is 1.94 bits per heavy atom. The molecule has 2 unspecified atom stereocenters. The van der Waals surface area contributed by atoms with Crippen LogP contribution in [0.4, 0.5) is 8.78 Å². The predicted octanol–water partition coefficient (Wildman–Crippen LogP) is 7.51. The highest BCUT2D eigenvalue weighted by molar-refractivity contribution is 6.26. The Morgan fingerprint density at radius 3 is 2.65 bits per heavy atom. The summed E-state index contributed by atoms with van der Waals surface area (Å²) in [6.07, 6.45) is 10.0. The molecule has 1 amide bonds. The minimum Gasteiger partial charge on any atom is -0.457 e. The maximum absolute atomic E-state index is 15.8. The van der Waals surface area contributed by atoms with Crippen LogP contribution in [0.5, 0.6) is 5.75 Å². The van der Waals surface area contributed by atoms with Crippen molar-refractivity contribution in [2.24, 2.45) is 21.8 Å². The molecule has 0 spiro atoms. The van der Waals surface area contributed by atoms with Crippen molar-refractivity contribution in [3.05, 3.63) is 95.3 Å². The summed E-state index contributed by atoms with van der Waals surface area (Å²) in [5, 5.41) is 3.35. The lowest BCUT2D eigenvalue weighted by atomic mass is 9.91. The van der Waals surface area contributed by atoms with Crippen molar-refractivity contribution >= 4 is 45.1 Å². The zero-order valence-corrected chi connectivity index (χ0v) is 28.4. The summed E-state index contributed by atoms with van der Waals surface area (Å²) >= 11 is 0. The van der Waals surface area contributed by atoms with Crippen LogP contribution in [0.25, 0.3) is 27.5 Å². The maximum Gasteiger partial charge on any atom is 0.260 e. The van der Waals surface area contributed by atoms with Gasteiger partial charge in [-0.05, 0) is 68.0 Å². The lowest BCUT2D eigenvalue weighted by Gasteiger charge is -2.26. The van der Waals surface area contributed by atoms with Gasteiger partial charge in [0.1, 0.15) is 23.0 Å². The molecule has 2 aromatic carbocycles. The van der Waals surface area contributed by atoms with Gasteiger partial charge in [-0.15, -0.1) is 0 Å². The molecule has 4 aromatic rings. The first-order chi connectivity index (χ1) is 23.1. The topological polar surface area (TPSA) is 108 Å². The third-order valence-corrected chi connectivity index (χ3v) is 8.61. The molecule has 2 N–H and O–H groups in total. The Hall–Kier alpha value is -5.19. The zero-order valence-electron chi connectivity index (χ0n) is 28.4. The van der Waals surface area contributed by atoms with Gasteiger partial charge in [-0.2, -0.15) is 0 Å². The van der Waals surface area contributed by atoms with Gasteiger partial charge in [0.05, 0.1) is 16.6 Å². The molecule has 2 aromatic heterocycles. The van der Waals surface area contributed by atoms with Gasteiger partial charge in [-0.25, -0.2) is 13.8 Å². The number of carbonyl (C=O) groups excluding carboxylic acids is 1. The molecular weight excluding hydrogens is 612 g/mol. The van der Waals surface area contributed by atoms with E-state index < -0.39 is 23.5 Å².